The molecule has 6 heteroatoms. The van der Waals surface area contributed by atoms with Gasteiger partial charge in [-0.05, 0) is 29.2 Å². The molecular formula is C18H22N2O3S. The second-order valence-corrected chi connectivity index (χ2v) is 8.59. The Bertz CT molecular complexity index is 843. The van der Waals surface area contributed by atoms with Gasteiger partial charge in [0.05, 0.1) is 11.5 Å². The number of hydrogen-bond acceptors (Lipinski definition) is 3. The van der Waals surface area contributed by atoms with E-state index in [1.165, 1.54) is 16.3 Å². The van der Waals surface area contributed by atoms with E-state index >= 15 is 0 Å². The average Bonchev–Trinajstić information content (AvgIpc) is 2.91. The number of likely N-dealkylation sites (N-methyl/N-ethyl adjacent to an activating group) is 1. The third kappa shape index (κ3) is 3.87. The molecule has 1 atom stereocenters. The quantitative estimate of drug-likeness (QED) is 0.923. The number of urea groups is 1. The Morgan fingerprint density at radius 3 is 2.71 bits per heavy atom. The van der Waals surface area contributed by atoms with Crippen molar-refractivity contribution in [3.63, 3.8) is 0 Å². The van der Waals surface area contributed by atoms with Gasteiger partial charge in [-0.25, -0.2) is 13.2 Å². The monoisotopic (exact) mass is 346 g/mol. The van der Waals surface area contributed by atoms with Crippen molar-refractivity contribution in [1.29, 1.82) is 0 Å². The molecule has 1 N–H and O–H groups in total. The third-order valence-corrected chi connectivity index (χ3v) is 6.27. The van der Waals surface area contributed by atoms with Crippen molar-refractivity contribution < 1.29 is 13.2 Å². The summed E-state index contributed by atoms with van der Waals surface area (Å²) in [6.07, 6.45) is 1.26. The zero-order valence-corrected chi connectivity index (χ0v) is 14.6. The van der Waals surface area contributed by atoms with Crippen LogP contribution in [0, 0.1) is 0 Å². The highest BCUT2D eigenvalue weighted by Gasteiger charge is 2.29. The third-order valence-electron chi connectivity index (χ3n) is 4.50. The number of sulfone groups is 1. The van der Waals surface area contributed by atoms with Gasteiger partial charge >= 0.3 is 6.03 Å². The number of benzene rings is 2. The number of amides is 2. The molecule has 5 nitrogen and oxygen atoms in total. The van der Waals surface area contributed by atoms with E-state index < -0.39 is 9.84 Å². The summed E-state index contributed by atoms with van der Waals surface area (Å²) in [5.74, 6) is 0.216. The first-order valence-corrected chi connectivity index (χ1v) is 9.95. The van der Waals surface area contributed by atoms with Crippen molar-refractivity contribution in [2.24, 2.45) is 0 Å². The molecule has 1 aliphatic rings. The van der Waals surface area contributed by atoms with Gasteiger partial charge in [0.25, 0.3) is 0 Å². The molecule has 3 rings (SSSR count). The van der Waals surface area contributed by atoms with Crippen molar-refractivity contribution in [3.8, 4) is 0 Å². The number of carbonyl (C=O) groups excluding carboxylic acids is 1. The first-order valence-electron chi connectivity index (χ1n) is 8.13. The topological polar surface area (TPSA) is 66.5 Å². The summed E-state index contributed by atoms with van der Waals surface area (Å²) in [4.78, 5) is 13.8. The predicted molar refractivity (Wildman–Crippen MR) is 95.9 cm³/mol. The van der Waals surface area contributed by atoms with E-state index in [9.17, 15) is 13.2 Å². The molecule has 1 aliphatic heterocycles. The summed E-state index contributed by atoms with van der Waals surface area (Å²) in [6.45, 7) is 0.583. The van der Waals surface area contributed by atoms with Gasteiger partial charge < -0.3 is 10.2 Å². The Labute approximate surface area is 142 Å². The van der Waals surface area contributed by atoms with E-state index in [2.05, 4.69) is 29.6 Å². The highest BCUT2D eigenvalue weighted by Crippen LogP contribution is 2.19. The fourth-order valence-electron chi connectivity index (χ4n) is 3.09. The van der Waals surface area contributed by atoms with Crippen LogP contribution in [0.25, 0.3) is 10.8 Å². The van der Waals surface area contributed by atoms with E-state index in [4.69, 9.17) is 0 Å². The molecule has 0 aliphatic carbocycles. The average molecular weight is 346 g/mol. The van der Waals surface area contributed by atoms with Crippen LogP contribution >= 0.6 is 0 Å². The summed E-state index contributed by atoms with van der Waals surface area (Å²) in [6, 6.07) is 13.9. The highest BCUT2D eigenvalue weighted by atomic mass is 32.2. The molecule has 2 aromatic rings. The van der Waals surface area contributed by atoms with Crippen molar-refractivity contribution in [3.05, 3.63) is 48.0 Å². The molecule has 0 radical (unpaired) electrons. The molecule has 0 aromatic heterocycles. The lowest BCUT2D eigenvalue weighted by atomic mass is 10.0. The minimum absolute atomic E-state index is 0.0515. The molecule has 1 heterocycles. The minimum Gasteiger partial charge on any atom is -0.334 e. The van der Waals surface area contributed by atoms with E-state index in [1.807, 2.05) is 18.2 Å². The number of rotatable bonds is 4. The van der Waals surface area contributed by atoms with Gasteiger partial charge in [0.2, 0.25) is 0 Å². The van der Waals surface area contributed by atoms with Crippen LogP contribution in [0.1, 0.15) is 12.0 Å². The molecule has 0 spiro atoms. The second-order valence-electron chi connectivity index (χ2n) is 6.36. The van der Waals surface area contributed by atoms with Gasteiger partial charge in [0.15, 0.2) is 9.84 Å². The first-order chi connectivity index (χ1) is 11.4. The molecule has 24 heavy (non-hydrogen) atoms. The van der Waals surface area contributed by atoms with Crippen LogP contribution < -0.4 is 5.32 Å². The molecule has 0 bridgehead atoms. The lowest BCUT2D eigenvalue weighted by Crippen LogP contribution is -2.44. The van der Waals surface area contributed by atoms with Crippen LogP contribution in [-0.2, 0) is 16.3 Å². The van der Waals surface area contributed by atoms with Crippen LogP contribution in [0.2, 0.25) is 0 Å². The Morgan fingerprint density at radius 2 is 1.96 bits per heavy atom. The van der Waals surface area contributed by atoms with Crippen LogP contribution in [-0.4, -0.2) is 50.5 Å². The van der Waals surface area contributed by atoms with E-state index in [-0.39, 0.29) is 23.6 Å². The molecule has 2 aromatic carbocycles. The number of fused-ring (bicyclic) bond motifs is 1. The van der Waals surface area contributed by atoms with Crippen LogP contribution in [0.3, 0.4) is 0 Å². The SMILES string of the molecule is CN(CCc1cccc2ccccc12)C(=O)N[C@H]1CCS(=O)(=O)C1. The molecule has 2 amide bonds. The van der Waals surface area contributed by atoms with Crippen LogP contribution in [0.4, 0.5) is 4.79 Å². The predicted octanol–water partition coefficient (Wildman–Crippen LogP) is 2.21. The highest BCUT2D eigenvalue weighted by molar-refractivity contribution is 7.91. The van der Waals surface area contributed by atoms with Gasteiger partial charge in [0.1, 0.15) is 0 Å². The van der Waals surface area contributed by atoms with E-state index in [1.54, 1.807) is 11.9 Å². The summed E-state index contributed by atoms with van der Waals surface area (Å²) < 4.78 is 22.9. The van der Waals surface area contributed by atoms with Gasteiger partial charge in [-0.2, -0.15) is 0 Å². The lowest BCUT2D eigenvalue weighted by molar-refractivity contribution is 0.206. The van der Waals surface area contributed by atoms with Crippen LogP contribution in [0.5, 0.6) is 0 Å². The first kappa shape index (κ1) is 16.8. The minimum atomic E-state index is -2.98. The summed E-state index contributed by atoms with van der Waals surface area (Å²) in [5.41, 5.74) is 1.20. The van der Waals surface area contributed by atoms with E-state index in [0.29, 0.717) is 13.0 Å². The fraction of sp³-hybridized carbons (Fsp3) is 0.389. The van der Waals surface area contributed by atoms with Gasteiger partial charge in [-0.1, -0.05) is 42.5 Å². The van der Waals surface area contributed by atoms with Crippen molar-refractivity contribution in [2.75, 3.05) is 25.1 Å². The Hall–Kier alpha value is -2.08. The normalized spacial score (nSPS) is 19.3. The smallest absolute Gasteiger partial charge is 0.317 e. The fourth-order valence-corrected chi connectivity index (χ4v) is 4.77. The van der Waals surface area contributed by atoms with Gasteiger partial charge in [-0.3, -0.25) is 0 Å². The molecule has 128 valence electrons. The number of hydrogen-bond donors (Lipinski definition) is 1. The summed E-state index contributed by atoms with van der Waals surface area (Å²) in [7, 11) is -1.24. The summed E-state index contributed by atoms with van der Waals surface area (Å²) in [5, 5.41) is 5.21. The summed E-state index contributed by atoms with van der Waals surface area (Å²) >= 11 is 0. The van der Waals surface area contributed by atoms with Crippen LogP contribution in [0.15, 0.2) is 42.5 Å². The second kappa shape index (κ2) is 6.81. The molecule has 0 saturated carbocycles. The molecule has 0 unspecified atom stereocenters. The number of nitrogens with one attached hydrogen (secondary N) is 1. The van der Waals surface area contributed by atoms with Gasteiger partial charge in [0, 0.05) is 19.6 Å². The van der Waals surface area contributed by atoms with Crippen molar-refractivity contribution in [2.45, 2.75) is 18.9 Å². The zero-order chi connectivity index (χ0) is 17.2. The maximum absolute atomic E-state index is 12.2. The Kier molecular flexibility index (Phi) is 4.76. The molecular weight excluding hydrogens is 324 g/mol. The zero-order valence-electron chi connectivity index (χ0n) is 13.7. The van der Waals surface area contributed by atoms with Crippen molar-refractivity contribution >= 4 is 26.6 Å². The largest absolute Gasteiger partial charge is 0.334 e. The maximum atomic E-state index is 12.2. The molecule has 1 fully saturated rings. The standard InChI is InChI=1S/C18H22N2O3S/c1-20(18(21)19-16-10-12-24(22,23)13-16)11-9-15-7-4-6-14-5-2-3-8-17(14)15/h2-8,16H,9-13H2,1H3,(H,19,21)/t16-/m0/s1. The van der Waals surface area contributed by atoms with E-state index in [0.717, 1.165) is 6.42 Å². The van der Waals surface area contributed by atoms with Crippen molar-refractivity contribution in [1.82, 2.24) is 10.2 Å². The molecule has 1 saturated heterocycles. The number of carbonyl (C=O) groups is 1. The number of nitrogens with zero attached hydrogens (tertiary/aromatic N) is 1. The Balaban J connectivity index is 1.58. The lowest BCUT2D eigenvalue weighted by Gasteiger charge is -2.20. The Morgan fingerprint density at radius 1 is 1.21 bits per heavy atom. The maximum Gasteiger partial charge on any atom is 0.317 e. The van der Waals surface area contributed by atoms with Gasteiger partial charge in [-0.15, -0.1) is 0 Å².